The van der Waals surface area contributed by atoms with Crippen LogP contribution < -0.4 is 10.1 Å². The Bertz CT molecular complexity index is 1010. The van der Waals surface area contributed by atoms with E-state index in [0.29, 0.717) is 11.8 Å². The number of aromatic nitrogens is 4. The molecule has 138 valence electrons. The maximum Gasteiger partial charge on any atom is 0.234 e. The molecular weight excluding hydrogens is 338 g/mol. The lowest BCUT2D eigenvalue weighted by Crippen LogP contribution is -2.04. The van der Waals surface area contributed by atoms with Crippen LogP contribution in [-0.2, 0) is 0 Å². The number of pyridine rings is 1. The van der Waals surface area contributed by atoms with Gasteiger partial charge in [0.05, 0.1) is 30.4 Å². The molecule has 27 heavy (non-hydrogen) atoms. The molecule has 1 saturated carbocycles. The lowest BCUT2D eigenvalue weighted by Gasteiger charge is -2.12. The highest BCUT2D eigenvalue weighted by Crippen LogP contribution is 2.38. The summed E-state index contributed by atoms with van der Waals surface area (Å²) < 4.78 is 7.18. The maximum atomic E-state index is 5.14. The first kappa shape index (κ1) is 17.3. The zero-order chi connectivity index (χ0) is 18.8. The monoisotopic (exact) mass is 361 g/mol. The average molecular weight is 361 g/mol. The number of methoxy groups -OCH3 is 1. The molecule has 0 unspecified atom stereocenters. The van der Waals surface area contributed by atoms with E-state index in [1.54, 1.807) is 19.5 Å². The van der Waals surface area contributed by atoms with E-state index in [9.17, 15) is 0 Å². The minimum Gasteiger partial charge on any atom is -0.481 e. The predicted molar refractivity (Wildman–Crippen MR) is 107 cm³/mol. The van der Waals surface area contributed by atoms with E-state index in [0.717, 1.165) is 28.4 Å². The van der Waals surface area contributed by atoms with Gasteiger partial charge in [0, 0.05) is 24.2 Å². The van der Waals surface area contributed by atoms with Crippen molar-refractivity contribution in [1.82, 2.24) is 19.4 Å². The van der Waals surface area contributed by atoms with E-state index in [1.165, 1.54) is 18.5 Å². The van der Waals surface area contributed by atoms with Crippen molar-refractivity contribution in [3.63, 3.8) is 0 Å². The van der Waals surface area contributed by atoms with Gasteiger partial charge >= 0.3 is 0 Å². The van der Waals surface area contributed by atoms with E-state index in [-0.39, 0.29) is 0 Å². The molecule has 1 aliphatic carbocycles. The Morgan fingerprint density at radius 1 is 1.30 bits per heavy atom. The van der Waals surface area contributed by atoms with Crippen LogP contribution in [0.4, 0.5) is 5.69 Å². The Hall–Kier alpha value is -3.15. The van der Waals surface area contributed by atoms with Gasteiger partial charge in [0.15, 0.2) is 0 Å². The molecule has 0 saturated heterocycles. The smallest absolute Gasteiger partial charge is 0.234 e. The molecule has 3 aromatic heterocycles. The van der Waals surface area contributed by atoms with Crippen molar-refractivity contribution in [1.29, 1.82) is 0 Å². The Morgan fingerprint density at radius 3 is 2.81 bits per heavy atom. The van der Waals surface area contributed by atoms with Crippen LogP contribution in [0.25, 0.3) is 11.4 Å². The van der Waals surface area contributed by atoms with Gasteiger partial charge in [-0.15, -0.1) is 0 Å². The number of imidazole rings is 1. The Kier molecular flexibility index (Phi) is 4.62. The molecular formula is C21H23N5O. The molecule has 0 bridgehead atoms. The number of aryl methyl sites for hydroxylation is 1. The number of nitrogens with zero attached hydrogens (tertiary/aromatic N) is 4. The summed E-state index contributed by atoms with van der Waals surface area (Å²) in [7, 11) is 1.62. The van der Waals surface area contributed by atoms with E-state index in [2.05, 4.69) is 39.3 Å². The molecule has 1 aliphatic rings. The van der Waals surface area contributed by atoms with Gasteiger partial charge in [0.1, 0.15) is 0 Å². The summed E-state index contributed by atoms with van der Waals surface area (Å²) >= 11 is 0. The zero-order valence-electron chi connectivity index (χ0n) is 15.8. The topological polar surface area (TPSA) is 64.3 Å². The fourth-order valence-corrected chi connectivity index (χ4v) is 3.19. The molecule has 0 atom stereocenters. The highest BCUT2D eigenvalue weighted by atomic mass is 16.5. The molecule has 6 nitrogen and oxygen atoms in total. The minimum atomic E-state index is 0.555. The normalized spacial score (nSPS) is 15.2. The number of hydrogen-bond acceptors (Lipinski definition) is 5. The fourth-order valence-electron chi connectivity index (χ4n) is 3.19. The lowest BCUT2D eigenvalue weighted by molar-refractivity contribution is 0.398. The van der Waals surface area contributed by atoms with Crippen molar-refractivity contribution in [2.45, 2.75) is 26.7 Å². The summed E-state index contributed by atoms with van der Waals surface area (Å²) in [6.07, 6.45) is 12.3. The highest BCUT2D eigenvalue weighted by Gasteiger charge is 2.27. The molecule has 6 heteroatoms. The first-order valence-electron chi connectivity index (χ1n) is 9.14. The number of nitrogens with one attached hydrogen (secondary N) is 1. The van der Waals surface area contributed by atoms with Crippen molar-refractivity contribution in [3.05, 3.63) is 66.0 Å². The number of ether oxygens (including phenoxy) is 1. The van der Waals surface area contributed by atoms with Crippen molar-refractivity contribution in [3.8, 4) is 5.88 Å². The fraction of sp³-hybridized carbons (Fsp3) is 0.286. The van der Waals surface area contributed by atoms with Gasteiger partial charge in [-0.25, -0.2) is 15.0 Å². The predicted octanol–water partition coefficient (Wildman–Crippen LogP) is 4.25. The van der Waals surface area contributed by atoms with Gasteiger partial charge in [-0.2, -0.15) is 0 Å². The SMILES string of the molecule is C/C=C(\C=C(\Nc1ccc(OC)nc1)C1CC1)c1c(C)nc2ncccn12. The first-order valence-corrected chi connectivity index (χ1v) is 9.14. The summed E-state index contributed by atoms with van der Waals surface area (Å²) in [4.78, 5) is 13.2. The number of anilines is 1. The van der Waals surface area contributed by atoms with E-state index in [4.69, 9.17) is 4.74 Å². The van der Waals surface area contributed by atoms with Crippen LogP contribution in [-0.4, -0.2) is 26.5 Å². The number of fused-ring (bicyclic) bond motifs is 1. The van der Waals surface area contributed by atoms with Gasteiger partial charge < -0.3 is 10.1 Å². The third kappa shape index (κ3) is 3.56. The molecule has 1 N–H and O–H groups in total. The van der Waals surface area contributed by atoms with Crippen LogP contribution in [0.5, 0.6) is 5.88 Å². The zero-order valence-corrected chi connectivity index (χ0v) is 15.8. The molecule has 1 fully saturated rings. The van der Waals surface area contributed by atoms with Crippen molar-refractivity contribution >= 4 is 17.0 Å². The standard InChI is InChI=1S/C21H23N5O/c1-4-15(20-14(2)24-21-22-10-5-11-26(20)21)12-18(16-6-7-16)25-17-8-9-19(27-3)23-13-17/h4-5,8-13,16,25H,6-7H2,1-3H3/b15-4+,18-12+. The minimum absolute atomic E-state index is 0.555. The second-order valence-corrected chi connectivity index (χ2v) is 6.67. The number of allylic oxidation sites excluding steroid dienone is 4. The largest absolute Gasteiger partial charge is 0.481 e. The van der Waals surface area contributed by atoms with Gasteiger partial charge in [0.2, 0.25) is 11.7 Å². The van der Waals surface area contributed by atoms with E-state index >= 15 is 0 Å². The van der Waals surface area contributed by atoms with Crippen LogP contribution in [0.3, 0.4) is 0 Å². The third-order valence-electron chi connectivity index (χ3n) is 4.72. The van der Waals surface area contributed by atoms with Crippen LogP contribution in [0, 0.1) is 12.8 Å². The summed E-state index contributed by atoms with van der Waals surface area (Å²) in [6.45, 7) is 4.08. The first-order chi connectivity index (χ1) is 13.2. The Labute approximate surface area is 158 Å². The van der Waals surface area contributed by atoms with Gasteiger partial charge in [-0.05, 0) is 56.4 Å². The summed E-state index contributed by atoms with van der Waals surface area (Å²) in [5, 5.41) is 3.54. The molecule has 0 amide bonds. The number of hydrogen-bond donors (Lipinski definition) is 1. The molecule has 3 aromatic rings. The molecule has 0 spiro atoms. The Morgan fingerprint density at radius 2 is 2.15 bits per heavy atom. The van der Waals surface area contributed by atoms with Crippen LogP contribution >= 0.6 is 0 Å². The van der Waals surface area contributed by atoms with E-state index in [1.807, 2.05) is 35.7 Å². The molecule has 0 aromatic carbocycles. The van der Waals surface area contributed by atoms with Crippen molar-refractivity contribution < 1.29 is 4.74 Å². The molecule has 4 rings (SSSR count). The Balaban J connectivity index is 1.69. The maximum absolute atomic E-state index is 5.14. The molecule has 3 heterocycles. The van der Waals surface area contributed by atoms with Gasteiger partial charge in [0.25, 0.3) is 0 Å². The van der Waals surface area contributed by atoms with Gasteiger partial charge in [-0.1, -0.05) is 6.08 Å². The summed E-state index contributed by atoms with van der Waals surface area (Å²) in [5.41, 5.74) is 5.34. The highest BCUT2D eigenvalue weighted by molar-refractivity contribution is 5.76. The second-order valence-electron chi connectivity index (χ2n) is 6.67. The quantitative estimate of drug-likeness (QED) is 0.665. The van der Waals surface area contributed by atoms with Gasteiger partial charge in [-0.3, -0.25) is 4.40 Å². The van der Waals surface area contributed by atoms with Crippen molar-refractivity contribution in [2.75, 3.05) is 12.4 Å². The summed E-state index contributed by atoms with van der Waals surface area (Å²) in [6, 6.07) is 5.78. The van der Waals surface area contributed by atoms with Crippen LogP contribution in [0.15, 0.2) is 54.6 Å². The second kappa shape index (κ2) is 7.23. The van der Waals surface area contributed by atoms with Crippen LogP contribution in [0.1, 0.15) is 31.2 Å². The third-order valence-corrected chi connectivity index (χ3v) is 4.72. The average Bonchev–Trinajstić information content (AvgIpc) is 3.48. The van der Waals surface area contributed by atoms with E-state index < -0.39 is 0 Å². The lowest BCUT2D eigenvalue weighted by atomic mass is 10.1. The van der Waals surface area contributed by atoms with Crippen LogP contribution in [0.2, 0.25) is 0 Å². The number of rotatable bonds is 6. The molecule has 0 radical (unpaired) electrons. The summed E-state index contributed by atoms with van der Waals surface area (Å²) in [5.74, 6) is 1.89. The van der Waals surface area contributed by atoms with Crippen molar-refractivity contribution in [2.24, 2.45) is 5.92 Å². The molecule has 0 aliphatic heterocycles.